The summed E-state index contributed by atoms with van der Waals surface area (Å²) in [7, 11) is 0. The Morgan fingerprint density at radius 3 is 2.29 bits per heavy atom. The highest BCUT2D eigenvalue weighted by atomic mass is 14.6. The van der Waals surface area contributed by atoms with Crippen LogP contribution >= 0.6 is 0 Å². The number of hydrogen-bond acceptors (Lipinski definition) is 1. The van der Waals surface area contributed by atoms with Gasteiger partial charge in [0.15, 0.2) is 0 Å². The highest BCUT2D eigenvalue weighted by molar-refractivity contribution is 4.84. The molecular weight excluding hydrogens is 206 g/mol. The highest BCUT2D eigenvalue weighted by Gasteiger charge is 2.32. The van der Waals surface area contributed by atoms with Crippen LogP contribution in [0.3, 0.4) is 0 Å². The monoisotopic (exact) mass is 237 g/mol. The molecule has 2 aliphatic rings. The zero-order chi connectivity index (χ0) is 12.3. The third-order valence-corrected chi connectivity index (χ3v) is 5.54. The van der Waals surface area contributed by atoms with Crippen LogP contribution in [-0.2, 0) is 0 Å². The van der Waals surface area contributed by atoms with E-state index in [1.807, 2.05) is 0 Å². The van der Waals surface area contributed by atoms with Crippen LogP contribution in [0.5, 0.6) is 0 Å². The molecule has 100 valence electrons. The van der Waals surface area contributed by atoms with Gasteiger partial charge in [0.25, 0.3) is 0 Å². The Bertz CT molecular complexity index is 216. The van der Waals surface area contributed by atoms with Crippen LogP contribution in [0.2, 0.25) is 0 Å². The van der Waals surface area contributed by atoms with Gasteiger partial charge in [0.1, 0.15) is 0 Å². The summed E-state index contributed by atoms with van der Waals surface area (Å²) >= 11 is 0. The fraction of sp³-hybridized carbons (Fsp3) is 1.00. The molecule has 1 nitrogen and oxygen atoms in total. The molecule has 2 aliphatic carbocycles. The maximum atomic E-state index is 5.99. The molecule has 3 unspecified atom stereocenters. The maximum Gasteiger partial charge on any atom is -0.00462 e. The average molecular weight is 237 g/mol. The quantitative estimate of drug-likeness (QED) is 0.778. The second-order valence-electron chi connectivity index (χ2n) is 6.96. The SMILES string of the molecule is CC(C)C1CCC(CN)C(CC2CCCC2)C1. The average Bonchev–Trinajstić information content (AvgIpc) is 2.81. The zero-order valence-electron chi connectivity index (χ0n) is 11.8. The Balaban J connectivity index is 1.89. The Morgan fingerprint density at radius 1 is 1.00 bits per heavy atom. The predicted octanol–water partition coefficient (Wildman–Crippen LogP) is 4.21. The van der Waals surface area contributed by atoms with E-state index in [1.165, 1.54) is 51.4 Å². The lowest BCUT2D eigenvalue weighted by molar-refractivity contribution is 0.129. The van der Waals surface area contributed by atoms with E-state index in [0.717, 1.165) is 36.1 Å². The second-order valence-corrected chi connectivity index (χ2v) is 6.96. The van der Waals surface area contributed by atoms with E-state index >= 15 is 0 Å². The highest BCUT2D eigenvalue weighted by Crippen LogP contribution is 2.42. The maximum absolute atomic E-state index is 5.99. The first-order valence-corrected chi connectivity index (χ1v) is 7.90. The molecule has 17 heavy (non-hydrogen) atoms. The summed E-state index contributed by atoms with van der Waals surface area (Å²) in [6.07, 6.45) is 11.8. The van der Waals surface area contributed by atoms with Gasteiger partial charge in [-0.15, -0.1) is 0 Å². The molecule has 0 radical (unpaired) electrons. The molecule has 0 saturated heterocycles. The molecule has 0 bridgehead atoms. The minimum Gasteiger partial charge on any atom is -0.330 e. The van der Waals surface area contributed by atoms with E-state index in [9.17, 15) is 0 Å². The van der Waals surface area contributed by atoms with Gasteiger partial charge in [-0.05, 0) is 61.8 Å². The van der Waals surface area contributed by atoms with Gasteiger partial charge in [-0.3, -0.25) is 0 Å². The molecule has 1 heteroatoms. The van der Waals surface area contributed by atoms with Crippen LogP contribution in [-0.4, -0.2) is 6.54 Å². The molecule has 2 fully saturated rings. The van der Waals surface area contributed by atoms with Crippen molar-refractivity contribution in [2.45, 2.75) is 65.2 Å². The van der Waals surface area contributed by atoms with Crippen LogP contribution in [0, 0.1) is 29.6 Å². The van der Waals surface area contributed by atoms with Crippen LogP contribution in [0.4, 0.5) is 0 Å². The summed E-state index contributed by atoms with van der Waals surface area (Å²) in [4.78, 5) is 0. The van der Waals surface area contributed by atoms with Gasteiger partial charge >= 0.3 is 0 Å². The molecule has 3 atom stereocenters. The molecule has 2 N–H and O–H groups in total. The van der Waals surface area contributed by atoms with Gasteiger partial charge in [-0.25, -0.2) is 0 Å². The van der Waals surface area contributed by atoms with Gasteiger partial charge in [-0.2, -0.15) is 0 Å². The van der Waals surface area contributed by atoms with Crippen molar-refractivity contribution < 1.29 is 0 Å². The number of rotatable bonds is 4. The summed E-state index contributed by atoms with van der Waals surface area (Å²) in [5, 5.41) is 0. The molecule has 0 aromatic rings. The summed E-state index contributed by atoms with van der Waals surface area (Å²) in [5.74, 6) is 4.68. The summed E-state index contributed by atoms with van der Waals surface area (Å²) in [5.41, 5.74) is 5.99. The van der Waals surface area contributed by atoms with Gasteiger partial charge in [-0.1, -0.05) is 39.5 Å². The molecule has 2 saturated carbocycles. The van der Waals surface area contributed by atoms with Crippen molar-refractivity contribution in [2.75, 3.05) is 6.54 Å². The van der Waals surface area contributed by atoms with Crippen molar-refractivity contribution in [1.29, 1.82) is 0 Å². The first kappa shape index (κ1) is 13.4. The van der Waals surface area contributed by atoms with Crippen molar-refractivity contribution in [3.05, 3.63) is 0 Å². The van der Waals surface area contributed by atoms with Gasteiger partial charge in [0, 0.05) is 0 Å². The van der Waals surface area contributed by atoms with E-state index in [4.69, 9.17) is 5.73 Å². The first-order chi connectivity index (χ1) is 8.20. The molecule has 0 heterocycles. The minimum absolute atomic E-state index is 0.839. The largest absolute Gasteiger partial charge is 0.330 e. The lowest BCUT2D eigenvalue weighted by Crippen LogP contribution is -2.33. The van der Waals surface area contributed by atoms with E-state index in [0.29, 0.717) is 0 Å². The van der Waals surface area contributed by atoms with E-state index in [1.54, 1.807) is 0 Å². The van der Waals surface area contributed by atoms with Crippen molar-refractivity contribution >= 4 is 0 Å². The standard InChI is InChI=1S/C16H31N/c1-12(2)14-7-8-15(11-17)16(10-14)9-13-5-3-4-6-13/h12-16H,3-11,17H2,1-2H3. The third kappa shape index (κ3) is 3.47. The second kappa shape index (κ2) is 6.22. The molecule has 0 spiro atoms. The predicted molar refractivity (Wildman–Crippen MR) is 74.8 cm³/mol. The van der Waals surface area contributed by atoms with E-state index in [2.05, 4.69) is 13.8 Å². The number of hydrogen-bond donors (Lipinski definition) is 1. The fourth-order valence-electron chi connectivity index (χ4n) is 4.24. The molecule has 0 amide bonds. The normalized spacial score (nSPS) is 35.6. The molecule has 0 aliphatic heterocycles. The Kier molecular flexibility index (Phi) is 4.90. The Hall–Kier alpha value is -0.0400. The third-order valence-electron chi connectivity index (χ3n) is 5.54. The smallest absolute Gasteiger partial charge is 0.00462 e. The van der Waals surface area contributed by atoms with Crippen molar-refractivity contribution in [3.63, 3.8) is 0 Å². The summed E-state index contributed by atoms with van der Waals surface area (Å²) < 4.78 is 0. The van der Waals surface area contributed by atoms with Crippen LogP contribution in [0.1, 0.15) is 65.2 Å². The van der Waals surface area contributed by atoms with Crippen LogP contribution < -0.4 is 5.73 Å². The van der Waals surface area contributed by atoms with Crippen LogP contribution in [0.15, 0.2) is 0 Å². The zero-order valence-corrected chi connectivity index (χ0v) is 11.8. The summed E-state index contributed by atoms with van der Waals surface area (Å²) in [6, 6.07) is 0. The molecule has 0 aromatic heterocycles. The van der Waals surface area contributed by atoms with Gasteiger partial charge in [0.2, 0.25) is 0 Å². The molecule has 2 rings (SSSR count). The summed E-state index contributed by atoms with van der Waals surface area (Å²) in [6.45, 7) is 5.74. The lowest BCUT2D eigenvalue weighted by Gasteiger charge is -2.38. The fourth-order valence-corrected chi connectivity index (χ4v) is 4.24. The van der Waals surface area contributed by atoms with Crippen molar-refractivity contribution in [1.82, 2.24) is 0 Å². The van der Waals surface area contributed by atoms with Gasteiger partial charge < -0.3 is 5.73 Å². The minimum atomic E-state index is 0.839. The van der Waals surface area contributed by atoms with Crippen molar-refractivity contribution in [2.24, 2.45) is 35.3 Å². The van der Waals surface area contributed by atoms with E-state index in [-0.39, 0.29) is 0 Å². The Morgan fingerprint density at radius 2 is 1.71 bits per heavy atom. The van der Waals surface area contributed by atoms with Gasteiger partial charge in [0.05, 0.1) is 0 Å². The number of nitrogens with two attached hydrogens (primary N) is 1. The first-order valence-electron chi connectivity index (χ1n) is 7.90. The van der Waals surface area contributed by atoms with Crippen molar-refractivity contribution in [3.8, 4) is 0 Å². The lowest BCUT2D eigenvalue weighted by atomic mass is 9.68. The Labute approximate surface area is 108 Å². The van der Waals surface area contributed by atoms with E-state index < -0.39 is 0 Å². The van der Waals surface area contributed by atoms with Crippen LogP contribution in [0.25, 0.3) is 0 Å². The molecular formula is C16H31N. The molecule has 0 aromatic carbocycles. The topological polar surface area (TPSA) is 26.0 Å².